The molecule has 0 atom stereocenters. The van der Waals surface area contributed by atoms with Crippen LogP contribution in [0.4, 0.5) is 5.95 Å². The quantitative estimate of drug-likeness (QED) is 0.691. The molecule has 1 aliphatic rings. The van der Waals surface area contributed by atoms with Crippen molar-refractivity contribution in [1.29, 1.82) is 0 Å². The summed E-state index contributed by atoms with van der Waals surface area (Å²) in [5.74, 6) is 0.717. The molecule has 0 spiro atoms. The van der Waals surface area contributed by atoms with Crippen LogP contribution in [0.15, 0.2) is 45.4 Å². The minimum Gasteiger partial charge on any atom is -0.457 e. The van der Waals surface area contributed by atoms with Crippen molar-refractivity contribution in [3.63, 3.8) is 0 Å². The molecule has 0 fully saturated rings. The van der Waals surface area contributed by atoms with Crippen LogP contribution >= 0.6 is 23.2 Å². The lowest BCUT2D eigenvalue weighted by molar-refractivity contribution is -0.114. The van der Waals surface area contributed by atoms with E-state index < -0.39 is 0 Å². The Morgan fingerprint density at radius 3 is 2.85 bits per heavy atom. The highest BCUT2D eigenvalue weighted by molar-refractivity contribution is 6.43. The summed E-state index contributed by atoms with van der Waals surface area (Å²) in [6.07, 6.45) is 1.60. The lowest BCUT2D eigenvalue weighted by Crippen LogP contribution is -2.22. The molecule has 0 aliphatic carbocycles. The molecule has 0 saturated heterocycles. The lowest BCUT2D eigenvalue weighted by Gasteiger charge is -2.04. The number of anilines is 1. The van der Waals surface area contributed by atoms with Gasteiger partial charge in [0, 0.05) is 5.56 Å². The van der Waals surface area contributed by atoms with Crippen LogP contribution in [0.2, 0.25) is 10.0 Å². The number of aromatic nitrogens is 4. The predicted octanol–water partition coefficient (Wildman–Crippen LogP) is 3.57. The molecule has 10 heteroatoms. The second-order valence-electron chi connectivity index (χ2n) is 5.38. The molecule has 0 unspecified atom stereocenters. The third kappa shape index (κ3) is 2.79. The van der Waals surface area contributed by atoms with Crippen LogP contribution < -0.4 is 5.01 Å². The number of nitrogens with zero attached hydrogens (tertiary/aromatic N) is 5. The Kier molecular flexibility index (Phi) is 4.06. The summed E-state index contributed by atoms with van der Waals surface area (Å²) in [7, 11) is 0. The van der Waals surface area contributed by atoms with Crippen LogP contribution in [0.5, 0.6) is 0 Å². The van der Waals surface area contributed by atoms with E-state index in [4.69, 9.17) is 27.6 Å². The Balaban J connectivity index is 1.66. The number of hydrogen-bond acceptors (Lipinski definition) is 6. The van der Waals surface area contributed by atoms with Crippen LogP contribution in [0.25, 0.3) is 17.4 Å². The molecular weight excluding hydrogens is 379 g/mol. The maximum atomic E-state index is 12.5. The van der Waals surface area contributed by atoms with Gasteiger partial charge in [0.25, 0.3) is 11.9 Å². The number of carbonyl (C=O) groups excluding carboxylic acids is 1. The predicted molar refractivity (Wildman–Crippen MR) is 96.9 cm³/mol. The van der Waals surface area contributed by atoms with Crippen molar-refractivity contribution in [2.45, 2.75) is 6.92 Å². The normalized spacial score (nSPS) is 15.8. The second kappa shape index (κ2) is 6.40. The Hall–Kier alpha value is -2.97. The number of carbonyl (C=O) groups is 1. The van der Waals surface area contributed by atoms with Crippen molar-refractivity contribution in [1.82, 2.24) is 20.6 Å². The van der Waals surface area contributed by atoms with Gasteiger partial charge in [0.05, 0.1) is 21.3 Å². The summed E-state index contributed by atoms with van der Waals surface area (Å²) in [6, 6.07) is 8.77. The molecule has 26 heavy (non-hydrogen) atoms. The third-order valence-electron chi connectivity index (χ3n) is 3.72. The van der Waals surface area contributed by atoms with Gasteiger partial charge < -0.3 is 4.42 Å². The number of amides is 1. The molecule has 0 saturated carbocycles. The van der Waals surface area contributed by atoms with Crippen LogP contribution in [-0.2, 0) is 4.79 Å². The summed E-state index contributed by atoms with van der Waals surface area (Å²) >= 11 is 12.3. The lowest BCUT2D eigenvalue weighted by atomic mass is 10.1. The molecule has 1 aromatic carbocycles. The SMILES string of the molecule is CC1=NN(c2nn[nH]n2)C(=O)/C1=C\c1ccc(-c2cccc(Cl)c2Cl)o1. The molecule has 3 aromatic rings. The molecule has 0 radical (unpaired) electrons. The summed E-state index contributed by atoms with van der Waals surface area (Å²) < 4.78 is 5.80. The zero-order valence-electron chi connectivity index (χ0n) is 13.3. The topological polar surface area (TPSA) is 100 Å². The highest BCUT2D eigenvalue weighted by Crippen LogP contribution is 2.34. The first-order valence-corrected chi connectivity index (χ1v) is 8.19. The van der Waals surface area contributed by atoms with Gasteiger partial charge in [-0.25, -0.2) is 0 Å². The first-order chi connectivity index (χ1) is 12.5. The fourth-order valence-corrected chi connectivity index (χ4v) is 2.87. The van der Waals surface area contributed by atoms with Gasteiger partial charge in [-0.1, -0.05) is 34.4 Å². The van der Waals surface area contributed by atoms with Crippen molar-refractivity contribution in [3.8, 4) is 11.3 Å². The highest BCUT2D eigenvalue weighted by atomic mass is 35.5. The largest absolute Gasteiger partial charge is 0.457 e. The first-order valence-electron chi connectivity index (χ1n) is 7.44. The van der Waals surface area contributed by atoms with E-state index in [1.165, 1.54) is 0 Å². The summed E-state index contributed by atoms with van der Waals surface area (Å²) in [5, 5.41) is 19.3. The zero-order valence-corrected chi connectivity index (χ0v) is 14.8. The van der Waals surface area contributed by atoms with E-state index in [0.717, 1.165) is 5.01 Å². The standard InChI is InChI=1S/C16H10Cl2N6O2/c1-8-11(15(25)24(21-8)16-19-22-23-20-16)7-9-5-6-13(26-9)10-3-2-4-12(17)14(10)18/h2-7H,1H3,(H,19,20,22,23)/b11-7-. The van der Waals surface area contributed by atoms with E-state index >= 15 is 0 Å². The molecule has 4 rings (SSSR count). The third-order valence-corrected chi connectivity index (χ3v) is 4.54. The van der Waals surface area contributed by atoms with Crippen molar-refractivity contribution >= 4 is 46.8 Å². The van der Waals surface area contributed by atoms with Crippen LogP contribution in [-0.4, -0.2) is 32.2 Å². The molecule has 1 N–H and O–H groups in total. The minimum absolute atomic E-state index is 0.0728. The zero-order chi connectivity index (χ0) is 18.3. The Labute approximate surface area is 157 Å². The van der Waals surface area contributed by atoms with Gasteiger partial charge in [-0.15, -0.1) is 5.10 Å². The molecule has 1 aliphatic heterocycles. The van der Waals surface area contributed by atoms with Gasteiger partial charge in [-0.3, -0.25) is 4.79 Å². The van der Waals surface area contributed by atoms with Gasteiger partial charge in [-0.05, 0) is 42.5 Å². The molecule has 130 valence electrons. The van der Waals surface area contributed by atoms with Crippen LogP contribution in [0.1, 0.15) is 12.7 Å². The van der Waals surface area contributed by atoms with Gasteiger partial charge in [0.15, 0.2) is 0 Å². The van der Waals surface area contributed by atoms with Crippen LogP contribution in [0.3, 0.4) is 0 Å². The Morgan fingerprint density at radius 1 is 1.23 bits per heavy atom. The summed E-state index contributed by atoms with van der Waals surface area (Å²) in [5.41, 5.74) is 1.55. The monoisotopic (exact) mass is 388 g/mol. The smallest absolute Gasteiger partial charge is 0.293 e. The minimum atomic E-state index is -0.373. The van der Waals surface area contributed by atoms with E-state index in [0.29, 0.717) is 38.4 Å². The van der Waals surface area contributed by atoms with Gasteiger partial charge in [0.1, 0.15) is 11.5 Å². The average molecular weight is 389 g/mol. The number of benzene rings is 1. The fourth-order valence-electron chi connectivity index (χ4n) is 2.48. The molecule has 0 bridgehead atoms. The molecule has 8 nitrogen and oxygen atoms in total. The first kappa shape index (κ1) is 16.5. The molecule has 3 heterocycles. The van der Waals surface area contributed by atoms with E-state index in [1.807, 2.05) is 0 Å². The molecule has 2 aromatic heterocycles. The van der Waals surface area contributed by atoms with Crippen molar-refractivity contribution in [3.05, 3.63) is 51.7 Å². The van der Waals surface area contributed by atoms with E-state index in [9.17, 15) is 4.79 Å². The highest BCUT2D eigenvalue weighted by Gasteiger charge is 2.31. The number of furan rings is 1. The van der Waals surface area contributed by atoms with E-state index in [-0.39, 0.29) is 11.9 Å². The van der Waals surface area contributed by atoms with Crippen molar-refractivity contribution in [2.24, 2.45) is 5.10 Å². The fraction of sp³-hybridized carbons (Fsp3) is 0.0625. The molecule has 1 amide bonds. The summed E-state index contributed by atoms with van der Waals surface area (Å²) in [6.45, 7) is 1.71. The number of H-pyrrole nitrogens is 1. The number of nitrogens with one attached hydrogen (secondary N) is 1. The number of aromatic amines is 1. The average Bonchev–Trinajstić information content (AvgIpc) is 3.35. The van der Waals surface area contributed by atoms with Gasteiger partial charge >= 0.3 is 0 Å². The number of tetrazole rings is 1. The Morgan fingerprint density at radius 2 is 2.08 bits per heavy atom. The summed E-state index contributed by atoms with van der Waals surface area (Å²) in [4.78, 5) is 12.5. The van der Waals surface area contributed by atoms with E-state index in [1.54, 1.807) is 43.3 Å². The molecular formula is C16H10Cl2N6O2. The Bertz CT molecular complexity index is 1050. The van der Waals surface area contributed by atoms with Gasteiger partial charge in [0.2, 0.25) is 0 Å². The maximum Gasteiger partial charge on any atom is 0.293 e. The number of hydrogen-bond donors (Lipinski definition) is 1. The van der Waals surface area contributed by atoms with Gasteiger partial charge in [-0.2, -0.15) is 15.3 Å². The number of halogens is 2. The van der Waals surface area contributed by atoms with Crippen molar-refractivity contribution < 1.29 is 9.21 Å². The maximum absolute atomic E-state index is 12.5. The second-order valence-corrected chi connectivity index (χ2v) is 6.16. The van der Waals surface area contributed by atoms with Crippen LogP contribution in [0, 0.1) is 0 Å². The number of rotatable bonds is 3. The van der Waals surface area contributed by atoms with E-state index in [2.05, 4.69) is 25.7 Å². The van der Waals surface area contributed by atoms with Crippen molar-refractivity contribution in [2.75, 3.05) is 5.01 Å². The number of hydrazone groups is 1.